The first-order valence-corrected chi connectivity index (χ1v) is 13.7. The second-order valence-electron chi connectivity index (χ2n) is 13.7. The third-order valence-electron chi connectivity index (χ3n) is 12.1. The van der Waals surface area contributed by atoms with Crippen molar-refractivity contribution in [2.45, 2.75) is 105 Å². The zero-order chi connectivity index (χ0) is 24.7. The minimum absolute atomic E-state index is 0.00120. The highest BCUT2D eigenvalue weighted by Crippen LogP contribution is 2.71. The molecule has 0 radical (unpaired) electrons. The molecule has 2 N–H and O–H groups in total. The molecule has 0 aromatic heterocycles. The molecule has 4 nitrogen and oxygen atoms in total. The normalized spacial score (nSPS) is 44.9. The quantitative estimate of drug-likeness (QED) is 0.494. The Bertz CT molecular complexity index is 926. The lowest BCUT2D eigenvalue weighted by Gasteiger charge is -2.59. The van der Waals surface area contributed by atoms with E-state index in [-0.39, 0.29) is 41.0 Å². The van der Waals surface area contributed by atoms with Gasteiger partial charge in [-0.15, -0.1) is 0 Å². The van der Waals surface area contributed by atoms with Gasteiger partial charge in [0.2, 0.25) is 0 Å². The van der Waals surface area contributed by atoms with Crippen LogP contribution in [0.3, 0.4) is 0 Å². The van der Waals surface area contributed by atoms with Crippen LogP contribution < -0.4 is 0 Å². The number of rotatable bonds is 6. The van der Waals surface area contributed by atoms with Crippen LogP contribution in [0.15, 0.2) is 23.3 Å². The summed E-state index contributed by atoms with van der Waals surface area (Å²) in [5.41, 5.74) is 2.77. The summed E-state index contributed by atoms with van der Waals surface area (Å²) in [4.78, 5) is 12.8. The Kier molecular flexibility index (Phi) is 5.64. The Morgan fingerprint density at radius 3 is 2.41 bits per heavy atom. The number of aliphatic hydroxyl groups excluding tert-OH is 2. The Balaban J connectivity index is 1.38. The van der Waals surface area contributed by atoms with Gasteiger partial charge in [-0.3, -0.25) is 4.79 Å². The zero-order valence-electron chi connectivity index (χ0n) is 22.2. The van der Waals surface area contributed by atoms with E-state index in [0.717, 1.165) is 32.1 Å². The van der Waals surface area contributed by atoms with Crippen molar-refractivity contribution in [3.8, 4) is 0 Å². The summed E-state index contributed by atoms with van der Waals surface area (Å²) in [6.45, 7) is 14.1. The molecule has 5 rings (SSSR count). The molecule has 190 valence electrons. The smallest absolute Gasteiger partial charge is 0.140 e. The molecule has 1 unspecified atom stereocenters. The predicted octanol–water partition coefficient (Wildman–Crippen LogP) is 5.62. The summed E-state index contributed by atoms with van der Waals surface area (Å²) in [5, 5.41) is 19.2. The average molecular weight is 471 g/mol. The standard InChI is InChI=1S/C30H46O4/c1-19(7-10-25-30(17-31,18-32)34-25)20-11-15-29(6)22-8-9-23-26(2,3)24(33)13-14-27(23,4)21(22)12-16-28(20,29)5/h8,12,19-20,23,25,31-32H,7,9-11,13-18H2,1-6H3/t19-,20-,23+,25?,27-,28-,29+/m1/s1. The van der Waals surface area contributed by atoms with E-state index in [0.29, 0.717) is 30.0 Å². The molecule has 0 amide bonds. The van der Waals surface area contributed by atoms with Gasteiger partial charge < -0.3 is 14.9 Å². The van der Waals surface area contributed by atoms with Gasteiger partial charge in [0.1, 0.15) is 11.4 Å². The average Bonchev–Trinajstić information content (AvgIpc) is 3.44. The fourth-order valence-electron chi connectivity index (χ4n) is 9.27. The molecule has 1 saturated heterocycles. The minimum atomic E-state index is -0.690. The van der Waals surface area contributed by atoms with Crippen LogP contribution in [-0.4, -0.2) is 40.9 Å². The minimum Gasteiger partial charge on any atom is -0.393 e. The van der Waals surface area contributed by atoms with Crippen molar-refractivity contribution in [2.24, 2.45) is 39.4 Å². The lowest BCUT2D eigenvalue weighted by atomic mass is 9.44. The molecule has 0 spiro atoms. The number of allylic oxidation sites excluding steroid dienone is 4. The van der Waals surface area contributed by atoms with Crippen molar-refractivity contribution in [2.75, 3.05) is 13.2 Å². The summed E-state index contributed by atoms with van der Waals surface area (Å²) >= 11 is 0. The summed E-state index contributed by atoms with van der Waals surface area (Å²) in [6.07, 6.45) is 13.5. The molecule has 3 fully saturated rings. The summed E-state index contributed by atoms with van der Waals surface area (Å²) in [7, 11) is 0. The van der Waals surface area contributed by atoms with E-state index in [1.807, 2.05) is 0 Å². The van der Waals surface area contributed by atoms with Gasteiger partial charge in [-0.1, -0.05) is 53.7 Å². The van der Waals surface area contributed by atoms with Crippen LogP contribution in [-0.2, 0) is 9.53 Å². The van der Waals surface area contributed by atoms with Gasteiger partial charge in [-0.2, -0.15) is 0 Å². The first-order chi connectivity index (χ1) is 15.9. The number of hydrogen-bond acceptors (Lipinski definition) is 4. The fourth-order valence-corrected chi connectivity index (χ4v) is 9.27. The molecule has 1 heterocycles. The van der Waals surface area contributed by atoms with Crippen molar-refractivity contribution >= 4 is 5.78 Å². The number of aliphatic hydroxyl groups is 2. The maximum atomic E-state index is 12.8. The van der Waals surface area contributed by atoms with Crippen LogP contribution in [0.25, 0.3) is 0 Å². The van der Waals surface area contributed by atoms with E-state index < -0.39 is 5.60 Å². The third-order valence-corrected chi connectivity index (χ3v) is 12.1. The maximum Gasteiger partial charge on any atom is 0.140 e. The molecule has 5 aliphatic rings. The van der Waals surface area contributed by atoms with E-state index >= 15 is 0 Å². The van der Waals surface area contributed by atoms with Crippen LogP contribution in [0.4, 0.5) is 0 Å². The second kappa shape index (κ2) is 7.76. The Morgan fingerprint density at radius 2 is 1.76 bits per heavy atom. The Morgan fingerprint density at radius 1 is 1.06 bits per heavy atom. The first-order valence-electron chi connectivity index (χ1n) is 13.7. The van der Waals surface area contributed by atoms with E-state index in [4.69, 9.17) is 4.74 Å². The summed E-state index contributed by atoms with van der Waals surface area (Å²) in [5.74, 6) is 2.08. The van der Waals surface area contributed by atoms with Crippen molar-refractivity contribution < 1.29 is 19.7 Å². The van der Waals surface area contributed by atoms with E-state index in [2.05, 4.69) is 53.7 Å². The van der Waals surface area contributed by atoms with Gasteiger partial charge in [-0.25, -0.2) is 0 Å². The number of ketones is 1. The van der Waals surface area contributed by atoms with Gasteiger partial charge in [0.05, 0.1) is 19.3 Å². The lowest BCUT2D eigenvalue weighted by Crippen LogP contribution is -2.53. The second-order valence-corrected chi connectivity index (χ2v) is 13.7. The number of ether oxygens (including phenoxy) is 1. The van der Waals surface area contributed by atoms with Gasteiger partial charge in [-0.05, 0) is 90.1 Å². The maximum absolute atomic E-state index is 12.8. The molecule has 0 bridgehead atoms. The number of epoxide rings is 1. The van der Waals surface area contributed by atoms with Gasteiger partial charge in [0.15, 0.2) is 0 Å². The van der Waals surface area contributed by atoms with Crippen molar-refractivity contribution in [1.29, 1.82) is 0 Å². The number of carbonyl (C=O) groups excluding carboxylic acids is 1. The van der Waals surface area contributed by atoms with E-state index in [9.17, 15) is 15.0 Å². The molecule has 7 atom stereocenters. The Labute approximate surface area is 206 Å². The van der Waals surface area contributed by atoms with Crippen LogP contribution in [0, 0.1) is 39.4 Å². The summed E-state index contributed by atoms with van der Waals surface area (Å²) < 4.78 is 5.68. The zero-order valence-corrected chi connectivity index (χ0v) is 22.2. The first kappa shape index (κ1) is 24.7. The van der Waals surface area contributed by atoms with Gasteiger partial charge >= 0.3 is 0 Å². The molecule has 0 aromatic rings. The highest BCUT2D eigenvalue weighted by Gasteiger charge is 2.63. The van der Waals surface area contributed by atoms with Gasteiger partial charge in [0.25, 0.3) is 0 Å². The van der Waals surface area contributed by atoms with Crippen LogP contribution >= 0.6 is 0 Å². The molecular weight excluding hydrogens is 424 g/mol. The number of fused-ring (bicyclic) bond motifs is 5. The highest BCUT2D eigenvalue weighted by molar-refractivity contribution is 5.86. The number of hydrogen-bond donors (Lipinski definition) is 2. The third kappa shape index (κ3) is 3.10. The predicted molar refractivity (Wildman–Crippen MR) is 134 cm³/mol. The van der Waals surface area contributed by atoms with E-state index in [1.165, 1.54) is 12.8 Å². The lowest BCUT2D eigenvalue weighted by molar-refractivity contribution is -0.138. The summed E-state index contributed by atoms with van der Waals surface area (Å²) in [6, 6.07) is 0. The SMILES string of the molecule is C[C@H](CCC1OC1(CO)CO)[C@H]1CC[C@@]2(C)C3=CC[C@H]4C(C)(C)C(=O)CC[C@]4(C)C3=CC[C@]12C. The molecule has 4 heteroatoms. The fraction of sp³-hybridized carbons (Fsp3) is 0.833. The van der Waals surface area contributed by atoms with E-state index in [1.54, 1.807) is 11.1 Å². The topological polar surface area (TPSA) is 70.1 Å². The van der Waals surface area contributed by atoms with Crippen molar-refractivity contribution in [3.63, 3.8) is 0 Å². The largest absolute Gasteiger partial charge is 0.393 e. The molecular formula is C30H46O4. The van der Waals surface area contributed by atoms with Crippen LogP contribution in [0.1, 0.15) is 92.9 Å². The van der Waals surface area contributed by atoms with Gasteiger partial charge in [0, 0.05) is 11.8 Å². The molecule has 1 aliphatic heterocycles. The number of carbonyl (C=O) groups is 1. The van der Waals surface area contributed by atoms with Crippen LogP contribution in [0.5, 0.6) is 0 Å². The Hall–Kier alpha value is -0.970. The molecule has 0 aromatic carbocycles. The van der Waals surface area contributed by atoms with Crippen molar-refractivity contribution in [1.82, 2.24) is 0 Å². The molecule has 34 heavy (non-hydrogen) atoms. The monoisotopic (exact) mass is 470 g/mol. The molecule has 4 aliphatic carbocycles. The van der Waals surface area contributed by atoms with Crippen molar-refractivity contribution in [3.05, 3.63) is 23.3 Å². The van der Waals surface area contributed by atoms with Crippen LogP contribution in [0.2, 0.25) is 0 Å². The number of Topliss-reactive ketones (excluding diaryl/α,β-unsaturated/α-hetero) is 1. The molecule has 2 saturated carbocycles. The highest BCUT2D eigenvalue weighted by atomic mass is 16.6.